The van der Waals surface area contributed by atoms with Gasteiger partial charge in [-0.25, -0.2) is 0 Å². The molecule has 0 heteroatoms. The van der Waals surface area contributed by atoms with E-state index in [1.54, 1.807) is 0 Å². The van der Waals surface area contributed by atoms with E-state index in [1.165, 1.54) is 42.4 Å². The molecule has 0 saturated heterocycles. The van der Waals surface area contributed by atoms with Crippen LogP contribution in [0.1, 0.15) is 70.6 Å². The molecule has 0 nitrogen and oxygen atoms in total. The van der Waals surface area contributed by atoms with Crippen LogP contribution in [-0.4, -0.2) is 0 Å². The predicted molar refractivity (Wildman–Crippen MR) is 81.8 cm³/mol. The fourth-order valence-corrected chi connectivity index (χ4v) is 1.44. The van der Waals surface area contributed by atoms with Gasteiger partial charge in [-0.15, -0.1) is 0 Å². The lowest BCUT2D eigenvalue weighted by atomic mass is 10.0. The van der Waals surface area contributed by atoms with Crippen molar-refractivity contribution in [2.45, 2.75) is 74.1 Å². The molecule has 17 heavy (non-hydrogen) atoms. The van der Waals surface area contributed by atoms with Crippen LogP contribution in [0.3, 0.4) is 0 Å². The van der Waals surface area contributed by atoms with Gasteiger partial charge in [0, 0.05) is 0 Å². The summed E-state index contributed by atoms with van der Waals surface area (Å²) in [6.07, 6.45) is 5.09. The Morgan fingerprint density at radius 1 is 0.941 bits per heavy atom. The SMILES string of the molecule is CC.CCC.CCCCc1cc(C)ccc1C. The van der Waals surface area contributed by atoms with Crippen LogP contribution in [0.2, 0.25) is 0 Å². The Morgan fingerprint density at radius 3 is 1.94 bits per heavy atom. The Labute approximate surface area is 109 Å². The fourth-order valence-electron chi connectivity index (χ4n) is 1.44. The lowest BCUT2D eigenvalue weighted by molar-refractivity contribution is 0.790. The van der Waals surface area contributed by atoms with Gasteiger partial charge < -0.3 is 0 Å². The normalized spacial score (nSPS) is 8.65. The van der Waals surface area contributed by atoms with Crippen molar-refractivity contribution in [2.24, 2.45) is 0 Å². The highest BCUT2D eigenvalue weighted by molar-refractivity contribution is 5.30. The molecule has 1 rings (SSSR count). The molecule has 0 radical (unpaired) electrons. The van der Waals surface area contributed by atoms with Crippen LogP contribution in [0.5, 0.6) is 0 Å². The second-order valence-corrected chi connectivity index (χ2v) is 4.24. The summed E-state index contributed by atoms with van der Waals surface area (Å²) in [4.78, 5) is 0. The van der Waals surface area contributed by atoms with Crippen LogP contribution in [0.25, 0.3) is 0 Å². The van der Waals surface area contributed by atoms with Crippen molar-refractivity contribution in [2.75, 3.05) is 0 Å². The maximum Gasteiger partial charge on any atom is -0.0276 e. The molecule has 0 heterocycles. The third-order valence-corrected chi connectivity index (χ3v) is 2.30. The van der Waals surface area contributed by atoms with E-state index in [4.69, 9.17) is 0 Å². The molecule has 0 N–H and O–H groups in total. The monoisotopic (exact) mass is 236 g/mol. The van der Waals surface area contributed by atoms with Gasteiger partial charge in [-0.2, -0.15) is 0 Å². The molecule has 1 aromatic carbocycles. The highest BCUT2D eigenvalue weighted by Gasteiger charge is 1.96. The Bertz CT molecular complexity index is 261. The molecule has 0 spiro atoms. The van der Waals surface area contributed by atoms with Crippen LogP contribution < -0.4 is 0 Å². The van der Waals surface area contributed by atoms with Gasteiger partial charge in [0.15, 0.2) is 0 Å². The molecule has 0 aromatic heterocycles. The summed E-state index contributed by atoms with van der Waals surface area (Å²) < 4.78 is 0. The zero-order valence-electron chi connectivity index (χ0n) is 13.1. The average molecular weight is 236 g/mol. The number of unbranched alkanes of at least 4 members (excludes halogenated alkanes) is 1. The third kappa shape index (κ3) is 10.1. The Morgan fingerprint density at radius 2 is 1.47 bits per heavy atom. The number of hydrogen-bond donors (Lipinski definition) is 0. The van der Waals surface area contributed by atoms with Crippen molar-refractivity contribution in [3.8, 4) is 0 Å². The summed E-state index contributed by atoms with van der Waals surface area (Å²) in [5.41, 5.74) is 4.35. The Hall–Kier alpha value is -0.780. The summed E-state index contributed by atoms with van der Waals surface area (Å²) >= 11 is 0. The summed E-state index contributed by atoms with van der Waals surface area (Å²) in [5.74, 6) is 0. The van der Waals surface area contributed by atoms with E-state index in [1.807, 2.05) is 13.8 Å². The van der Waals surface area contributed by atoms with Gasteiger partial charge in [-0.05, 0) is 37.8 Å². The van der Waals surface area contributed by atoms with E-state index < -0.39 is 0 Å². The average Bonchev–Trinajstić information content (AvgIpc) is 2.34. The van der Waals surface area contributed by atoms with E-state index in [0.29, 0.717) is 0 Å². The molecule has 0 aliphatic heterocycles. The van der Waals surface area contributed by atoms with Gasteiger partial charge in [0.1, 0.15) is 0 Å². The molecule has 0 unspecified atom stereocenters. The molecular weight excluding hydrogens is 204 g/mol. The summed E-state index contributed by atoms with van der Waals surface area (Å²) in [5, 5.41) is 0. The minimum absolute atomic E-state index is 1.24. The van der Waals surface area contributed by atoms with E-state index in [2.05, 4.69) is 52.8 Å². The molecular formula is C17H32. The first kappa shape index (κ1) is 18.6. The molecule has 0 bridgehead atoms. The van der Waals surface area contributed by atoms with Crippen molar-refractivity contribution >= 4 is 0 Å². The van der Waals surface area contributed by atoms with Gasteiger partial charge in [-0.1, -0.05) is 71.2 Å². The van der Waals surface area contributed by atoms with Crippen molar-refractivity contribution in [3.63, 3.8) is 0 Å². The van der Waals surface area contributed by atoms with Gasteiger partial charge in [0.2, 0.25) is 0 Å². The molecule has 100 valence electrons. The van der Waals surface area contributed by atoms with Crippen LogP contribution >= 0.6 is 0 Å². The summed E-state index contributed by atoms with van der Waals surface area (Å²) in [6, 6.07) is 6.72. The molecule has 0 saturated carbocycles. The molecule has 0 amide bonds. The summed E-state index contributed by atoms with van der Waals surface area (Å²) in [7, 11) is 0. The molecule has 1 aromatic rings. The van der Waals surface area contributed by atoms with Gasteiger partial charge in [-0.3, -0.25) is 0 Å². The first-order valence-corrected chi connectivity index (χ1v) is 7.21. The van der Waals surface area contributed by atoms with Crippen molar-refractivity contribution in [1.82, 2.24) is 0 Å². The Kier molecular flexibility index (Phi) is 14.5. The predicted octanol–water partition coefficient (Wildman–Crippen LogP) is 6.09. The van der Waals surface area contributed by atoms with Gasteiger partial charge in [0.05, 0.1) is 0 Å². The largest absolute Gasteiger partial charge is 0.0683 e. The van der Waals surface area contributed by atoms with Gasteiger partial charge >= 0.3 is 0 Å². The van der Waals surface area contributed by atoms with Crippen LogP contribution in [0.4, 0.5) is 0 Å². The smallest absolute Gasteiger partial charge is 0.0276 e. The first-order chi connectivity index (χ1) is 8.15. The highest BCUT2D eigenvalue weighted by atomic mass is 14.0. The lowest BCUT2D eigenvalue weighted by Gasteiger charge is -2.05. The van der Waals surface area contributed by atoms with Crippen LogP contribution in [0.15, 0.2) is 18.2 Å². The minimum Gasteiger partial charge on any atom is -0.0683 e. The zero-order chi connectivity index (χ0) is 13.7. The van der Waals surface area contributed by atoms with Crippen molar-refractivity contribution in [1.29, 1.82) is 0 Å². The fraction of sp³-hybridized carbons (Fsp3) is 0.647. The van der Waals surface area contributed by atoms with Crippen LogP contribution in [-0.2, 0) is 6.42 Å². The number of benzene rings is 1. The van der Waals surface area contributed by atoms with Gasteiger partial charge in [0.25, 0.3) is 0 Å². The zero-order valence-corrected chi connectivity index (χ0v) is 13.1. The van der Waals surface area contributed by atoms with E-state index in [-0.39, 0.29) is 0 Å². The van der Waals surface area contributed by atoms with E-state index in [9.17, 15) is 0 Å². The van der Waals surface area contributed by atoms with E-state index >= 15 is 0 Å². The highest BCUT2D eigenvalue weighted by Crippen LogP contribution is 2.13. The standard InChI is InChI=1S/C12H18.C3H8.C2H6/c1-4-5-6-12-9-10(2)7-8-11(12)3;1-3-2;1-2/h7-9H,4-6H2,1-3H3;3H2,1-2H3;1-2H3. The maximum atomic E-state index is 2.31. The topological polar surface area (TPSA) is 0 Å². The van der Waals surface area contributed by atoms with Crippen LogP contribution in [0, 0.1) is 13.8 Å². The maximum absolute atomic E-state index is 2.31. The van der Waals surface area contributed by atoms with Crippen molar-refractivity contribution < 1.29 is 0 Å². The molecule has 0 fully saturated rings. The second kappa shape index (κ2) is 13.3. The quantitative estimate of drug-likeness (QED) is 0.596. The molecule has 0 atom stereocenters. The first-order valence-electron chi connectivity index (χ1n) is 7.21. The number of rotatable bonds is 3. The number of aryl methyl sites for hydroxylation is 3. The Balaban J connectivity index is 0. The lowest BCUT2D eigenvalue weighted by Crippen LogP contribution is -1.89. The minimum atomic E-state index is 1.24. The van der Waals surface area contributed by atoms with E-state index in [0.717, 1.165) is 0 Å². The third-order valence-electron chi connectivity index (χ3n) is 2.30. The van der Waals surface area contributed by atoms with Crippen molar-refractivity contribution in [3.05, 3.63) is 34.9 Å². The second-order valence-electron chi connectivity index (χ2n) is 4.24. The summed E-state index contributed by atoms with van der Waals surface area (Å²) in [6.45, 7) is 14.9. The molecule has 0 aliphatic rings. The number of hydrogen-bond acceptors (Lipinski definition) is 0. The molecule has 0 aliphatic carbocycles.